The molecule has 5 rings (SSSR count). The average molecular weight is 394 g/mol. The van der Waals surface area contributed by atoms with Crippen molar-refractivity contribution in [3.8, 4) is 28.3 Å². The topological polar surface area (TPSA) is 83.7 Å². The first kappa shape index (κ1) is 17.9. The third-order valence-corrected chi connectivity index (χ3v) is 4.86. The molecule has 0 radical (unpaired) electrons. The van der Waals surface area contributed by atoms with Gasteiger partial charge in [0.1, 0.15) is 18.0 Å². The smallest absolute Gasteiger partial charge is 0.346 e. The fourth-order valence-electron chi connectivity index (χ4n) is 3.38. The molecule has 0 amide bonds. The number of hydrogen-bond acceptors (Lipinski definition) is 4. The van der Waals surface area contributed by atoms with Crippen LogP contribution in [-0.2, 0) is 6.61 Å². The van der Waals surface area contributed by atoms with E-state index in [1.807, 2.05) is 72.8 Å². The largest absolute Gasteiger partial charge is 0.489 e. The second-order valence-electron chi connectivity index (χ2n) is 6.89. The molecule has 5 aromatic rings. The molecule has 0 aliphatic heterocycles. The van der Waals surface area contributed by atoms with Gasteiger partial charge in [-0.1, -0.05) is 30.3 Å². The fourth-order valence-corrected chi connectivity index (χ4v) is 3.38. The molecule has 0 bridgehead atoms. The van der Waals surface area contributed by atoms with E-state index in [1.165, 1.54) is 0 Å². The lowest BCUT2D eigenvalue weighted by molar-refractivity contribution is 0.306. The molecule has 0 aliphatic rings. The fraction of sp³-hybridized carbons (Fsp3) is 0.0417. The second-order valence-corrected chi connectivity index (χ2v) is 6.89. The van der Waals surface area contributed by atoms with Crippen molar-refractivity contribution in [1.29, 1.82) is 0 Å². The van der Waals surface area contributed by atoms with Crippen molar-refractivity contribution >= 4 is 11.0 Å². The minimum absolute atomic E-state index is 0.381. The average Bonchev–Trinajstić information content (AvgIpc) is 3.22. The molecular weight excluding hydrogens is 376 g/mol. The van der Waals surface area contributed by atoms with Gasteiger partial charge in [0.15, 0.2) is 0 Å². The summed E-state index contributed by atoms with van der Waals surface area (Å²) in [4.78, 5) is 25.9. The Morgan fingerprint density at radius 1 is 0.933 bits per heavy atom. The monoisotopic (exact) mass is 394 g/mol. The first-order valence-electron chi connectivity index (χ1n) is 9.57. The van der Waals surface area contributed by atoms with E-state index in [4.69, 9.17) is 4.74 Å². The van der Waals surface area contributed by atoms with E-state index < -0.39 is 0 Å². The molecule has 0 unspecified atom stereocenters. The summed E-state index contributed by atoms with van der Waals surface area (Å²) >= 11 is 0. The molecule has 6 nitrogen and oxygen atoms in total. The Morgan fingerprint density at radius 2 is 1.77 bits per heavy atom. The van der Waals surface area contributed by atoms with Crippen molar-refractivity contribution in [2.45, 2.75) is 6.61 Å². The van der Waals surface area contributed by atoms with Crippen molar-refractivity contribution in [1.82, 2.24) is 19.9 Å². The molecule has 30 heavy (non-hydrogen) atoms. The standard InChI is InChI=1S/C24H18N4O2/c29-24-26-14-18-13-21(27-23(18)28-24)20-7-4-12-25-22(20)17-8-10-19(11-9-17)30-15-16-5-2-1-3-6-16/h1-14H,15H2,(H2,26,27,28,29). The highest BCUT2D eigenvalue weighted by molar-refractivity contribution is 5.87. The molecule has 0 aliphatic carbocycles. The summed E-state index contributed by atoms with van der Waals surface area (Å²) in [5.74, 6) is 0.799. The number of fused-ring (bicyclic) bond motifs is 1. The number of aromatic nitrogens is 4. The van der Waals surface area contributed by atoms with Crippen molar-refractivity contribution < 1.29 is 4.74 Å². The summed E-state index contributed by atoms with van der Waals surface area (Å²) in [7, 11) is 0. The highest BCUT2D eigenvalue weighted by Crippen LogP contribution is 2.32. The van der Waals surface area contributed by atoms with Crippen LogP contribution in [0.2, 0.25) is 0 Å². The van der Waals surface area contributed by atoms with Gasteiger partial charge < -0.3 is 14.7 Å². The van der Waals surface area contributed by atoms with Crippen LogP contribution in [0.15, 0.2) is 90.0 Å². The van der Waals surface area contributed by atoms with Gasteiger partial charge in [0.2, 0.25) is 0 Å². The molecule has 0 fully saturated rings. The van der Waals surface area contributed by atoms with Gasteiger partial charge in [0, 0.05) is 34.6 Å². The summed E-state index contributed by atoms with van der Waals surface area (Å²) in [5, 5.41) is 0.837. The number of hydrogen-bond donors (Lipinski definition) is 2. The van der Waals surface area contributed by atoms with E-state index in [-0.39, 0.29) is 5.69 Å². The molecule has 6 heteroatoms. The molecule has 0 atom stereocenters. The maximum Gasteiger partial charge on any atom is 0.346 e. The minimum atomic E-state index is -0.381. The van der Waals surface area contributed by atoms with Crippen LogP contribution in [0.4, 0.5) is 0 Å². The predicted molar refractivity (Wildman–Crippen MR) is 116 cm³/mol. The third kappa shape index (κ3) is 3.58. The zero-order valence-corrected chi connectivity index (χ0v) is 16.0. The van der Waals surface area contributed by atoms with Crippen LogP contribution in [-0.4, -0.2) is 19.9 Å². The maximum atomic E-state index is 11.5. The van der Waals surface area contributed by atoms with Gasteiger partial charge in [-0.3, -0.25) is 4.98 Å². The number of benzene rings is 2. The Kier molecular flexibility index (Phi) is 4.57. The van der Waals surface area contributed by atoms with Gasteiger partial charge in [-0.05, 0) is 48.0 Å². The number of ether oxygens (including phenoxy) is 1. The lowest BCUT2D eigenvalue weighted by Crippen LogP contribution is -2.07. The number of pyridine rings is 1. The summed E-state index contributed by atoms with van der Waals surface area (Å²) in [6.45, 7) is 0.524. The molecule has 0 spiro atoms. The van der Waals surface area contributed by atoms with E-state index in [0.717, 1.165) is 39.2 Å². The van der Waals surface area contributed by atoms with Crippen LogP contribution in [0.3, 0.4) is 0 Å². The van der Waals surface area contributed by atoms with E-state index in [9.17, 15) is 4.79 Å². The lowest BCUT2D eigenvalue weighted by atomic mass is 10.0. The SMILES string of the molecule is O=c1nc2[nH]c(-c3cccnc3-c3ccc(OCc4ccccc4)cc3)cc2c[nH]1. The first-order valence-corrected chi connectivity index (χ1v) is 9.57. The van der Waals surface area contributed by atoms with Gasteiger partial charge >= 0.3 is 5.69 Å². The second kappa shape index (κ2) is 7.67. The van der Waals surface area contributed by atoms with Gasteiger partial charge in [-0.25, -0.2) is 4.79 Å². The van der Waals surface area contributed by atoms with E-state index in [2.05, 4.69) is 19.9 Å². The first-order chi connectivity index (χ1) is 14.8. The highest BCUT2D eigenvalue weighted by atomic mass is 16.5. The predicted octanol–water partition coefficient (Wildman–Crippen LogP) is 4.56. The van der Waals surface area contributed by atoms with Gasteiger partial charge in [-0.15, -0.1) is 0 Å². The summed E-state index contributed by atoms with van der Waals surface area (Å²) in [6.07, 6.45) is 3.42. The Balaban J connectivity index is 1.44. The normalized spacial score (nSPS) is 10.9. The van der Waals surface area contributed by atoms with Crippen LogP contribution in [0, 0.1) is 0 Å². The van der Waals surface area contributed by atoms with Gasteiger partial charge in [0.05, 0.1) is 5.69 Å². The minimum Gasteiger partial charge on any atom is -0.489 e. The molecule has 3 heterocycles. The number of rotatable bonds is 5. The third-order valence-electron chi connectivity index (χ3n) is 4.86. The van der Waals surface area contributed by atoms with Gasteiger partial charge in [0.25, 0.3) is 0 Å². The maximum absolute atomic E-state index is 11.5. The van der Waals surface area contributed by atoms with Crippen molar-refractivity contribution in [3.63, 3.8) is 0 Å². The Morgan fingerprint density at radius 3 is 2.60 bits per heavy atom. The number of H-pyrrole nitrogens is 2. The summed E-state index contributed by atoms with van der Waals surface area (Å²) in [5.41, 5.74) is 4.89. The Hall–Kier alpha value is -4.19. The highest BCUT2D eigenvalue weighted by Gasteiger charge is 2.12. The molecule has 0 saturated carbocycles. The number of aromatic amines is 2. The Bertz CT molecular complexity index is 1360. The van der Waals surface area contributed by atoms with Gasteiger partial charge in [-0.2, -0.15) is 4.98 Å². The summed E-state index contributed by atoms with van der Waals surface area (Å²) < 4.78 is 5.88. The van der Waals surface area contributed by atoms with Crippen LogP contribution in [0.5, 0.6) is 5.75 Å². The van der Waals surface area contributed by atoms with E-state index in [0.29, 0.717) is 12.3 Å². The summed E-state index contributed by atoms with van der Waals surface area (Å²) in [6, 6.07) is 23.8. The van der Waals surface area contributed by atoms with E-state index >= 15 is 0 Å². The molecule has 2 aromatic carbocycles. The van der Waals surface area contributed by atoms with Crippen LogP contribution in [0.1, 0.15) is 5.56 Å². The van der Waals surface area contributed by atoms with Crippen LogP contribution in [0.25, 0.3) is 33.5 Å². The molecule has 0 saturated heterocycles. The molecular formula is C24H18N4O2. The van der Waals surface area contributed by atoms with Crippen molar-refractivity contribution in [2.75, 3.05) is 0 Å². The zero-order valence-electron chi connectivity index (χ0n) is 16.0. The number of nitrogens with zero attached hydrogens (tertiary/aromatic N) is 2. The molecule has 3 aromatic heterocycles. The zero-order chi connectivity index (χ0) is 20.3. The van der Waals surface area contributed by atoms with Crippen LogP contribution >= 0.6 is 0 Å². The van der Waals surface area contributed by atoms with E-state index in [1.54, 1.807) is 12.4 Å². The molecule has 146 valence electrons. The lowest BCUT2D eigenvalue weighted by Gasteiger charge is -2.09. The van der Waals surface area contributed by atoms with Crippen molar-refractivity contribution in [2.24, 2.45) is 0 Å². The Labute approximate surface area is 172 Å². The van der Waals surface area contributed by atoms with Crippen LogP contribution < -0.4 is 10.4 Å². The quantitative estimate of drug-likeness (QED) is 0.458. The number of nitrogens with one attached hydrogen (secondary N) is 2. The van der Waals surface area contributed by atoms with Crippen molar-refractivity contribution in [3.05, 3.63) is 101 Å². The molecule has 2 N–H and O–H groups in total.